The van der Waals surface area contributed by atoms with Crippen LogP contribution in [0.2, 0.25) is 0 Å². The summed E-state index contributed by atoms with van der Waals surface area (Å²) in [6, 6.07) is 7.76. The summed E-state index contributed by atoms with van der Waals surface area (Å²) < 4.78 is 10.4. The number of methoxy groups -OCH3 is 1. The predicted octanol–water partition coefficient (Wildman–Crippen LogP) is 2.24. The molecule has 0 aliphatic heterocycles. The predicted molar refractivity (Wildman–Crippen MR) is 57.6 cm³/mol. The Hall–Kier alpha value is -1.97. The average molecular weight is 204 g/mol. The molecule has 0 spiro atoms. The molecule has 0 unspecified atom stereocenters. The molecule has 4 nitrogen and oxygen atoms in total. The lowest BCUT2D eigenvalue weighted by Gasteiger charge is -2.01. The SMILES string of the molecule is COc1cccc(-c2oc(N)nc2C)c1. The molecule has 0 saturated heterocycles. The van der Waals surface area contributed by atoms with Crippen molar-refractivity contribution in [2.75, 3.05) is 12.8 Å². The molecule has 1 heterocycles. The van der Waals surface area contributed by atoms with Crippen molar-refractivity contribution in [3.05, 3.63) is 30.0 Å². The molecule has 2 aromatic rings. The van der Waals surface area contributed by atoms with Gasteiger partial charge in [0.25, 0.3) is 6.01 Å². The van der Waals surface area contributed by atoms with Crippen LogP contribution >= 0.6 is 0 Å². The van der Waals surface area contributed by atoms with E-state index < -0.39 is 0 Å². The van der Waals surface area contributed by atoms with Gasteiger partial charge in [-0.05, 0) is 19.1 Å². The quantitative estimate of drug-likeness (QED) is 0.814. The summed E-state index contributed by atoms with van der Waals surface area (Å²) in [5, 5.41) is 0. The number of nitrogen functional groups attached to an aromatic ring is 1. The normalized spacial score (nSPS) is 10.3. The van der Waals surface area contributed by atoms with Gasteiger partial charge in [0, 0.05) is 5.56 Å². The van der Waals surface area contributed by atoms with Crippen LogP contribution < -0.4 is 10.5 Å². The summed E-state index contributed by atoms with van der Waals surface area (Å²) in [5.74, 6) is 1.47. The van der Waals surface area contributed by atoms with Gasteiger partial charge in [-0.25, -0.2) is 0 Å². The lowest BCUT2D eigenvalue weighted by atomic mass is 10.1. The number of aryl methyl sites for hydroxylation is 1. The summed E-state index contributed by atoms with van der Waals surface area (Å²) in [4.78, 5) is 4.01. The van der Waals surface area contributed by atoms with E-state index in [1.165, 1.54) is 0 Å². The van der Waals surface area contributed by atoms with E-state index in [0.29, 0.717) is 5.76 Å². The van der Waals surface area contributed by atoms with Crippen LogP contribution in [0.15, 0.2) is 28.7 Å². The van der Waals surface area contributed by atoms with Crippen molar-refractivity contribution < 1.29 is 9.15 Å². The molecule has 4 heteroatoms. The zero-order valence-electron chi connectivity index (χ0n) is 8.65. The van der Waals surface area contributed by atoms with Crippen LogP contribution in [0.1, 0.15) is 5.69 Å². The fourth-order valence-corrected chi connectivity index (χ4v) is 1.45. The Labute approximate surface area is 87.7 Å². The van der Waals surface area contributed by atoms with Gasteiger partial charge in [-0.3, -0.25) is 0 Å². The first kappa shape index (κ1) is 9.58. The standard InChI is InChI=1S/C11H12N2O2/c1-7-10(15-11(12)13-7)8-4-3-5-9(6-8)14-2/h3-6H,1-2H3,(H2,12,13). The Morgan fingerprint density at radius 3 is 2.80 bits per heavy atom. The maximum atomic E-state index is 5.48. The summed E-state index contributed by atoms with van der Waals surface area (Å²) in [7, 11) is 1.63. The Morgan fingerprint density at radius 1 is 1.40 bits per heavy atom. The van der Waals surface area contributed by atoms with Gasteiger partial charge in [0.2, 0.25) is 0 Å². The molecule has 0 saturated carbocycles. The number of benzene rings is 1. The zero-order chi connectivity index (χ0) is 10.8. The van der Waals surface area contributed by atoms with Crippen molar-refractivity contribution in [1.29, 1.82) is 0 Å². The van der Waals surface area contributed by atoms with E-state index in [2.05, 4.69) is 4.98 Å². The van der Waals surface area contributed by atoms with Crippen molar-refractivity contribution in [1.82, 2.24) is 4.98 Å². The lowest BCUT2D eigenvalue weighted by molar-refractivity contribution is 0.415. The first-order valence-electron chi connectivity index (χ1n) is 4.58. The van der Waals surface area contributed by atoms with Crippen molar-refractivity contribution in [2.45, 2.75) is 6.92 Å². The molecule has 15 heavy (non-hydrogen) atoms. The number of anilines is 1. The second kappa shape index (κ2) is 3.65. The highest BCUT2D eigenvalue weighted by molar-refractivity contribution is 5.62. The van der Waals surface area contributed by atoms with Crippen molar-refractivity contribution in [3.8, 4) is 17.1 Å². The van der Waals surface area contributed by atoms with Gasteiger partial charge >= 0.3 is 0 Å². The van der Waals surface area contributed by atoms with Gasteiger partial charge in [-0.2, -0.15) is 4.98 Å². The minimum Gasteiger partial charge on any atom is -0.497 e. The third-order valence-electron chi connectivity index (χ3n) is 2.15. The van der Waals surface area contributed by atoms with Crippen molar-refractivity contribution in [3.63, 3.8) is 0 Å². The number of hydrogen-bond acceptors (Lipinski definition) is 4. The molecule has 0 aliphatic carbocycles. The molecule has 0 fully saturated rings. The van der Waals surface area contributed by atoms with E-state index in [-0.39, 0.29) is 6.01 Å². The molecule has 2 rings (SSSR count). The highest BCUT2D eigenvalue weighted by Gasteiger charge is 2.10. The zero-order valence-corrected chi connectivity index (χ0v) is 8.65. The Morgan fingerprint density at radius 2 is 2.20 bits per heavy atom. The molecule has 2 N–H and O–H groups in total. The number of aromatic nitrogens is 1. The molecule has 0 radical (unpaired) electrons. The minimum absolute atomic E-state index is 0.185. The molecule has 0 amide bonds. The van der Waals surface area contributed by atoms with Crippen molar-refractivity contribution in [2.24, 2.45) is 0 Å². The van der Waals surface area contributed by atoms with E-state index in [0.717, 1.165) is 17.0 Å². The molecule has 0 aliphatic rings. The van der Waals surface area contributed by atoms with Crippen LogP contribution in [0.3, 0.4) is 0 Å². The van der Waals surface area contributed by atoms with Crippen LogP contribution in [0, 0.1) is 6.92 Å². The molecule has 0 atom stereocenters. The molecule has 1 aromatic heterocycles. The topological polar surface area (TPSA) is 61.3 Å². The number of nitrogens with zero attached hydrogens (tertiary/aromatic N) is 1. The lowest BCUT2D eigenvalue weighted by Crippen LogP contribution is -1.84. The molecular weight excluding hydrogens is 192 g/mol. The monoisotopic (exact) mass is 204 g/mol. The first-order valence-corrected chi connectivity index (χ1v) is 4.58. The summed E-state index contributed by atoms with van der Waals surface area (Å²) in [5.41, 5.74) is 7.17. The maximum absolute atomic E-state index is 5.48. The largest absolute Gasteiger partial charge is 0.497 e. The summed E-state index contributed by atoms with van der Waals surface area (Å²) in [6.45, 7) is 1.86. The minimum atomic E-state index is 0.185. The van der Waals surface area contributed by atoms with Crippen LogP contribution in [0.5, 0.6) is 5.75 Å². The first-order chi connectivity index (χ1) is 7.20. The van der Waals surface area contributed by atoms with E-state index in [1.807, 2.05) is 31.2 Å². The average Bonchev–Trinajstić information content (AvgIpc) is 2.58. The van der Waals surface area contributed by atoms with Gasteiger partial charge in [0.15, 0.2) is 5.76 Å². The molecule has 1 aromatic carbocycles. The third-order valence-corrected chi connectivity index (χ3v) is 2.15. The number of ether oxygens (including phenoxy) is 1. The highest BCUT2D eigenvalue weighted by Crippen LogP contribution is 2.27. The van der Waals surface area contributed by atoms with Crippen molar-refractivity contribution >= 4 is 6.01 Å². The number of oxazole rings is 1. The second-order valence-electron chi connectivity index (χ2n) is 3.20. The fraction of sp³-hybridized carbons (Fsp3) is 0.182. The number of rotatable bonds is 2. The van der Waals surface area contributed by atoms with Crippen LogP contribution in [0.4, 0.5) is 6.01 Å². The number of hydrogen-bond donors (Lipinski definition) is 1. The summed E-state index contributed by atoms with van der Waals surface area (Å²) >= 11 is 0. The van der Waals surface area contributed by atoms with E-state index in [4.69, 9.17) is 14.9 Å². The van der Waals surface area contributed by atoms with Gasteiger partial charge < -0.3 is 14.9 Å². The van der Waals surface area contributed by atoms with E-state index in [1.54, 1.807) is 7.11 Å². The van der Waals surface area contributed by atoms with E-state index >= 15 is 0 Å². The fourth-order valence-electron chi connectivity index (χ4n) is 1.45. The highest BCUT2D eigenvalue weighted by atomic mass is 16.5. The molecule has 78 valence electrons. The van der Waals surface area contributed by atoms with Crippen LogP contribution in [-0.4, -0.2) is 12.1 Å². The third kappa shape index (κ3) is 1.79. The van der Waals surface area contributed by atoms with Gasteiger partial charge in [-0.1, -0.05) is 12.1 Å². The van der Waals surface area contributed by atoms with Gasteiger partial charge in [-0.15, -0.1) is 0 Å². The smallest absolute Gasteiger partial charge is 0.292 e. The number of nitrogens with two attached hydrogens (primary N) is 1. The van der Waals surface area contributed by atoms with Gasteiger partial charge in [0.1, 0.15) is 5.75 Å². The van der Waals surface area contributed by atoms with Gasteiger partial charge in [0.05, 0.1) is 12.8 Å². The molecular formula is C11H12N2O2. The maximum Gasteiger partial charge on any atom is 0.292 e. The molecule has 0 bridgehead atoms. The van der Waals surface area contributed by atoms with Crippen LogP contribution in [-0.2, 0) is 0 Å². The Balaban J connectivity index is 2.49. The Kier molecular flexibility index (Phi) is 2.33. The summed E-state index contributed by atoms with van der Waals surface area (Å²) in [6.07, 6.45) is 0. The second-order valence-corrected chi connectivity index (χ2v) is 3.20. The Bertz CT molecular complexity index is 477. The van der Waals surface area contributed by atoms with E-state index in [9.17, 15) is 0 Å². The van der Waals surface area contributed by atoms with Crippen LogP contribution in [0.25, 0.3) is 11.3 Å².